The van der Waals surface area contributed by atoms with Crippen molar-refractivity contribution in [2.24, 2.45) is 5.16 Å². The Morgan fingerprint density at radius 2 is 2.21 bits per heavy atom. The molecule has 2 bridgehead atoms. The summed E-state index contributed by atoms with van der Waals surface area (Å²) in [6.45, 7) is 8.49. The van der Waals surface area contributed by atoms with Gasteiger partial charge in [0.05, 0.1) is 18.9 Å². The monoisotopic (exact) mass is 269 g/mol. The third-order valence-corrected chi connectivity index (χ3v) is 3.05. The minimum Gasteiger partial charge on any atom is -0.399 e. The number of hydrogen-bond donors (Lipinski definition) is 0. The first-order valence-electron chi connectivity index (χ1n) is 5.91. The lowest BCUT2D eigenvalue weighted by Gasteiger charge is -2.28. The zero-order valence-corrected chi connectivity index (χ0v) is 11.2. The summed E-state index contributed by atoms with van der Waals surface area (Å²) < 4.78 is 0. The van der Waals surface area contributed by atoms with Gasteiger partial charge in [0, 0.05) is 12.5 Å². The highest BCUT2D eigenvalue weighted by Crippen LogP contribution is 2.28. The molecule has 0 N–H and O–H groups in total. The van der Waals surface area contributed by atoms with Gasteiger partial charge >= 0.3 is 6.03 Å². The van der Waals surface area contributed by atoms with E-state index in [1.807, 2.05) is 13.7 Å². The number of rotatable bonds is 4. The van der Waals surface area contributed by atoms with Crippen LogP contribution < -0.4 is 0 Å². The minimum atomic E-state index is -0.140. The van der Waals surface area contributed by atoms with E-state index in [2.05, 4.69) is 11.7 Å². The van der Waals surface area contributed by atoms with E-state index in [1.54, 1.807) is 11.0 Å². The second-order valence-electron chi connectivity index (χ2n) is 4.18. The molecule has 106 valence electrons. The summed E-state index contributed by atoms with van der Waals surface area (Å²) in [4.78, 5) is 32.1. The van der Waals surface area contributed by atoms with E-state index in [0.717, 1.165) is 12.1 Å². The molecule has 2 fully saturated rings. The fourth-order valence-electron chi connectivity index (χ4n) is 2.25. The van der Waals surface area contributed by atoms with Crippen molar-refractivity contribution in [2.45, 2.75) is 25.4 Å². The Hall–Kier alpha value is -1.89. The van der Waals surface area contributed by atoms with Crippen LogP contribution in [0.15, 0.2) is 17.8 Å². The summed E-state index contributed by atoms with van der Waals surface area (Å²) in [6, 6.07) is -0.116. The van der Waals surface area contributed by atoms with Gasteiger partial charge in [0.15, 0.2) is 0 Å². The van der Waals surface area contributed by atoms with E-state index in [-0.39, 0.29) is 18.1 Å². The number of nitrogens with zero attached hydrogens (tertiary/aromatic N) is 3. The van der Waals surface area contributed by atoms with Gasteiger partial charge in [-0.2, -0.15) is 5.06 Å². The Labute approximate surface area is 112 Å². The number of urea groups is 1. The molecule has 2 atom stereocenters. The van der Waals surface area contributed by atoms with Gasteiger partial charge in [-0.3, -0.25) is 4.84 Å². The Bertz CT molecular complexity index is 372. The molecule has 2 saturated heterocycles. The molecule has 0 spiro atoms. The number of carbonyl (C=O) groups is 2. The lowest BCUT2D eigenvalue weighted by Crippen LogP contribution is -2.43. The van der Waals surface area contributed by atoms with Crippen molar-refractivity contribution in [3.63, 3.8) is 0 Å². The molecule has 2 aliphatic rings. The van der Waals surface area contributed by atoms with Crippen molar-refractivity contribution in [1.29, 1.82) is 0 Å². The number of hydroxylamine groups is 2. The summed E-state index contributed by atoms with van der Waals surface area (Å²) in [5, 5.41) is 5.37. The van der Waals surface area contributed by atoms with Crippen molar-refractivity contribution in [3.05, 3.63) is 12.7 Å². The van der Waals surface area contributed by atoms with Gasteiger partial charge in [-0.1, -0.05) is 11.2 Å². The van der Waals surface area contributed by atoms with Crippen LogP contribution in [-0.4, -0.2) is 60.8 Å². The van der Waals surface area contributed by atoms with Crippen LogP contribution >= 0.6 is 0 Å². The van der Waals surface area contributed by atoms with E-state index >= 15 is 0 Å². The zero-order valence-electron chi connectivity index (χ0n) is 11.2. The first-order valence-corrected chi connectivity index (χ1v) is 5.91. The quantitative estimate of drug-likeness (QED) is 0.559. The number of carbonyl (C=O) groups excluding carboxylic acids is 2. The Morgan fingerprint density at radius 3 is 2.79 bits per heavy atom. The largest absolute Gasteiger partial charge is 0.399 e. The molecular formula is C12H19N3O4. The third kappa shape index (κ3) is 2.93. The molecular weight excluding hydrogens is 250 g/mol. The molecule has 2 rings (SSSR count). The molecule has 0 aromatic rings. The van der Waals surface area contributed by atoms with Crippen LogP contribution in [0, 0.1) is 0 Å². The molecule has 0 aliphatic carbocycles. The van der Waals surface area contributed by atoms with Crippen LogP contribution in [0.5, 0.6) is 0 Å². The van der Waals surface area contributed by atoms with Crippen LogP contribution in [0.4, 0.5) is 4.79 Å². The molecule has 0 radical (unpaired) electrons. The molecule has 2 heterocycles. The van der Waals surface area contributed by atoms with Crippen LogP contribution in [0.25, 0.3) is 0 Å². The van der Waals surface area contributed by atoms with Crippen molar-refractivity contribution in [2.75, 3.05) is 20.3 Å². The summed E-state index contributed by atoms with van der Waals surface area (Å²) >= 11 is 0. The smallest absolute Gasteiger partial charge is 0.344 e. The second kappa shape index (κ2) is 6.89. The van der Waals surface area contributed by atoms with Crippen molar-refractivity contribution in [3.8, 4) is 0 Å². The van der Waals surface area contributed by atoms with Gasteiger partial charge in [-0.05, 0) is 6.92 Å². The molecule has 0 aromatic heterocycles. The normalized spacial score (nSPS) is 27.1. The fourth-order valence-corrected chi connectivity index (χ4v) is 2.25. The van der Waals surface area contributed by atoms with Crippen molar-refractivity contribution in [1.82, 2.24) is 9.96 Å². The first-order chi connectivity index (χ1) is 9.19. The maximum atomic E-state index is 12.0. The number of oxime groups is 1. The van der Waals surface area contributed by atoms with Crippen LogP contribution in [-0.2, 0) is 14.5 Å². The molecule has 0 aromatic carbocycles. The van der Waals surface area contributed by atoms with Gasteiger partial charge < -0.3 is 14.5 Å². The highest BCUT2D eigenvalue weighted by Gasteiger charge is 2.47. The van der Waals surface area contributed by atoms with E-state index in [0.29, 0.717) is 13.2 Å². The molecule has 0 saturated carbocycles. The average molecular weight is 269 g/mol. The van der Waals surface area contributed by atoms with Crippen LogP contribution in [0.2, 0.25) is 0 Å². The summed E-state index contributed by atoms with van der Waals surface area (Å²) in [5.74, 6) is 0. The van der Waals surface area contributed by atoms with Gasteiger partial charge in [0.1, 0.15) is 19.9 Å². The standard InChI is InChI=1S/C11H17N3O3.CH2O/c1-4-5-17-14-10-7-13(11(14)15)8(2)6-9(10)12-16-3;1-2/h4,8,10H,1,5-7H2,2-3H3;1H2/b12-9-;/t8-,10?;/m1./s1. The van der Waals surface area contributed by atoms with Crippen molar-refractivity contribution < 1.29 is 19.3 Å². The molecule has 1 unspecified atom stereocenters. The highest BCUT2D eigenvalue weighted by molar-refractivity contribution is 5.97. The zero-order chi connectivity index (χ0) is 14.4. The predicted molar refractivity (Wildman–Crippen MR) is 69.5 cm³/mol. The Balaban J connectivity index is 0.000000861. The fraction of sp³-hybridized carbons (Fsp3) is 0.583. The van der Waals surface area contributed by atoms with Gasteiger partial charge in [0.2, 0.25) is 0 Å². The predicted octanol–water partition coefficient (Wildman–Crippen LogP) is 0.820. The Kier molecular flexibility index (Phi) is 5.50. The lowest BCUT2D eigenvalue weighted by molar-refractivity contribution is -0.104. The number of hydrogen-bond acceptors (Lipinski definition) is 5. The van der Waals surface area contributed by atoms with E-state index < -0.39 is 0 Å². The number of fused-ring (bicyclic) bond motifs is 2. The van der Waals surface area contributed by atoms with E-state index in [1.165, 1.54) is 12.2 Å². The van der Waals surface area contributed by atoms with Gasteiger partial charge in [-0.25, -0.2) is 4.79 Å². The summed E-state index contributed by atoms with van der Waals surface area (Å²) in [6.07, 6.45) is 2.33. The van der Waals surface area contributed by atoms with Gasteiger partial charge in [-0.15, -0.1) is 6.58 Å². The first kappa shape index (κ1) is 15.2. The van der Waals surface area contributed by atoms with E-state index in [4.69, 9.17) is 14.5 Å². The molecule has 19 heavy (non-hydrogen) atoms. The van der Waals surface area contributed by atoms with Crippen LogP contribution in [0.1, 0.15) is 13.3 Å². The third-order valence-electron chi connectivity index (χ3n) is 3.05. The average Bonchev–Trinajstić information content (AvgIpc) is 2.71. The van der Waals surface area contributed by atoms with E-state index in [9.17, 15) is 4.79 Å². The maximum absolute atomic E-state index is 12.0. The summed E-state index contributed by atoms with van der Waals surface area (Å²) in [7, 11) is 1.51. The molecule has 7 heteroatoms. The molecule has 2 aliphatic heterocycles. The van der Waals surface area contributed by atoms with Gasteiger partial charge in [0.25, 0.3) is 0 Å². The second-order valence-corrected chi connectivity index (χ2v) is 4.18. The number of piperidine rings is 1. The SMILES string of the molecule is C=CCON1C(=O)N2CC1/C(=N\OC)C[C@H]2C.C=O. The van der Waals surface area contributed by atoms with Crippen LogP contribution in [0.3, 0.4) is 0 Å². The topological polar surface area (TPSA) is 71.4 Å². The molecule has 7 nitrogen and oxygen atoms in total. The lowest BCUT2D eigenvalue weighted by atomic mass is 10.00. The number of amides is 2. The minimum absolute atomic E-state index is 0.106. The Morgan fingerprint density at radius 1 is 1.53 bits per heavy atom. The van der Waals surface area contributed by atoms with Crippen molar-refractivity contribution >= 4 is 18.5 Å². The maximum Gasteiger partial charge on any atom is 0.344 e. The molecule has 2 amide bonds. The highest BCUT2D eigenvalue weighted by atomic mass is 16.7. The summed E-state index contributed by atoms with van der Waals surface area (Å²) in [5.41, 5.74) is 0.853.